The maximum Gasteiger partial charge on any atom is 0.326 e. The zero-order valence-electron chi connectivity index (χ0n) is 13.7. The number of thiazole rings is 1. The van der Waals surface area contributed by atoms with Gasteiger partial charge in [-0.05, 0) is 31.2 Å². The number of benzene rings is 2. The minimum absolute atomic E-state index is 0.247. The highest BCUT2D eigenvalue weighted by Crippen LogP contribution is 2.26. The van der Waals surface area contributed by atoms with Gasteiger partial charge in [0.25, 0.3) is 5.95 Å². The summed E-state index contributed by atoms with van der Waals surface area (Å²) in [7, 11) is 0. The van der Waals surface area contributed by atoms with E-state index in [0.717, 1.165) is 11.3 Å². The first-order valence-corrected chi connectivity index (χ1v) is 9.09. The number of nitrogens with zero attached hydrogens (tertiary/aromatic N) is 3. The topological polar surface area (TPSA) is 71.3 Å². The molecule has 0 aliphatic carbocycles. The zero-order chi connectivity index (χ0) is 18.1. The Balaban J connectivity index is 1.53. The van der Waals surface area contributed by atoms with Crippen LogP contribution < -0.4 is 10.6 Å². The first-order valence-electron chi connectivity index (χ1n) is 7.83. The standard InChI is InChI=1S/C18H14ClN5OS/c1-11-2-4-12(5-3-11)15-10-26-18-22-16(23-24(15)18)21-17(25)20-14-8-6-13(19)7-9-14/h2-10H,1H3,(H2,20,21,23,25). The molecule has 0 aliphatic rings. The van der Waals surface area contributed by atoms with E-state index in [1.807, 2.05) is 24.4 Å². The van der Waals surface area contributed by atoms with Gasteiger partial charge in [0.1, 0.15) is 0 Å². The molecule has 6 nitrogen and oxygen atoms in total. The van der Waals surface area contributed by atoms with Crippen LogP contribution in [0.3, 0.4) is 0 Å². The van der Waals surface area contributed by atoms with Crippen molar-refractivity contribution in [2.45, 2.75) is 6.92 Å². The number of halogens is 1. The van der Waals surface area contributed by atoms with Gasteiger partial charge in [-0.25, -0.2) is 9.31 Å². The van der Waals surface area contributed by atoms with Crippen molar-refractivity contribution in [2.75, 3.05) is 10.6 Å². The maximum absolute atomic E-state index is 12.1. The minimum Gasteiger partial charge on any atom is -0.308 e. The molecule has 0 unspecified atom stereocenters. The van der Waals surface area contributed by atoms with Crippen molar-refractivity contribution in [3.05, 3.63) is 64.5 Å². The van der Waals surface area contributed by atoms with E-state index < -0.39 is 6.03 Å². The third kappa shape index (κ3) is 3.40. The number of rotatable bonds is 3. The van der Waals surface area contributed by atoms with Gasteiger partial charge in [0.2, 0.25) is 4.96 Å². The lowest BCUT2D eigenvalue weighted by atomic mass is 10.1. The molecule has 2 amide bonds. The molecule has 0 atom stereocenters. The molecule has 0 aliphatic heterocycles. The number of hydrogen-bond donors (Lipinski definition) is 2. The zero-order valence-corrected chi connectivity index (χ0v) is 15.3. The molecule has 8 heteroatoms. The first kappa shape index (κ1) is 16.6. The van der Waals surface area contributed by atoms with Crippen LogP contribution in [-0.2, 0) is 0 Å². The lowest BCUT2D eigenvalue weighted by molar-refractivity contribution is 0.262. The number of urea groups is 1. The molecule has 0 fully saturated rings. The normalized spacial score (nSPS) is 10.8. The molecule has 26 heavy (non-hydrogen) atoms. The fourth-order valence-electron chi connectivity index (χ4n) is 2.45. The van der Waals surface area contributed by atoms with Gasteiger partial charge in [-0.3, -0.25) is 5.32 Å². The fraction of sp³-hybridized carbons (Fsp3) is 0.0556. The van der Waals surface area contributed by atoms with Gasteiger partial charge in [-0.1, -0.05) is 41.4 Å². The van der Waals surface area contributed by atoms with Gasteiger partial charge in [0.15, 0.2) is 0 Å². The van der Waals surface area contributed by atoms with Crippen LogP contribution in [0.5, 0.6) is 0 Å². The second kappa shape index (κ2) is 6.78. The van der Waals surface area contributed by atoms with Crippen molar-refractivity contribution in [2.24, 2.45) is 0 Å². The van der Waals surface area contributed by atoms with E-state index in [-0.39, 0.29) is 5.95 Å². The smallest absolute Gasteiger partial charge is 0.308 e. The van der Waals surface area contributed by atoms with E-state index >= 15 is 0 Å². The molecule has 0 radical (unpaired) electrons. The van der Waals surface area contributed by atoms with Crippen LogP contribution in [0.15, 0.2) is 53.9 Å². The van der Waals surface area contributed by atoms with Crippen molar-refractivity contribution in [3.8, 4) is 11.3 Å². The predicted octanol–water partition coefficient (Wildman–Crippen LogP) is 5.06. The fourth-order valence-corrected chi connectivity index (χ4v) is 3.41. The lowest BCUT2D eigenvalue weighted by Gasteiger charge is -2.04. The second-order valence-corrected chi connectivity index (χ2v) is 6.98. The Kier molecular flexibility index (Phi) is 4.32. The molecule has 2 aromatic carbocycles. The predicted molar refractivity (Wildman–Crippen MR) is 105 cm³/mol. The van der Waals surface area contributed by atoms with E-state index in [2.05, 4.69) is 32.8 Å². The Hall–Kier alpha value is -2.90. The van der Waals surface area contributed by atoms with Gasteiger partial charge < -0.3 is 5.32 Å². The number of fused-ring (bicyclic) bond motifs is 1. The molecule has 2 aromatic heterocycles. The van der Waals surface area contributed by atoms with Crippen LogP contribution in [0.1, 0.15) is 5.56 Å². The number of amides is 2. The Morgan fingerprint density at radius 2 is 1.81 bits per heavy atom. The number of carbonyl (C=O) groups is 1. The number of hydrogen-bond acceptors (Lipinski definition) is 4. The molecular formula is C18H14ClN5OS. The summed E-state index contributed by atoms with van der Waals surface area (Å²) >= 11 is 7.30. The number of aromatic nitrogens is 3. The molecule has 0 saturated carbocycles. The van der Waals surface area contributed by atoms with Gasteiger partial charge in [-0.15, -0.1) is 16.4 Å². The van der Waals surface area contributed by atoms with E-state index in [4.69, 9.17) is 11.6 Å². The minimum atomic E-state index is -0.414. The first-order chi connectivity index (χ1) is 12.6. The van der Waals surface area contributed by atoms with E-state index in [9.17, 15) is 4.79 Å². The van der Waals surface area contributed by atoms with E-state index in [1.54, 1.807) is 28.8 Å². The van der Waals surface area contributed by atoms with Crippen molar-refractivity contribution >= 4 is 45.6 Å². The number of anilines is 2. The third-order valence-electron chi connectivity index (χ3n) is 3.76. The molecule has 0 spiro atoms. The van der Waals surface area contributed by atoms with E-state index in [0.29, 0.717) is 15.7 Å². The summed E-state index contributed by atoms with van der Waals surface area (Å²) in [5, 5.41) is 12.4. The Labute approximate surface area is 158 Å². The summed E-state index contributed by atoms with van der Waals surface area (Å²) in [4.78, 5) is 17.2. The average molecular weight is 384 g/mol. The summed E-state index contributed by atoms with van der Waals surface area (Å²) in [5.41, 5.74) is 3.81. The highest BCUT2D eigenvalue weighted by atomic mass is 35.5. The molecule has 0 bridgehead atoms. The van der Waals surface area contributed by atoms with Crippen molar-refractivity contribution in [3.63, 3.8) is 0 Å². The van der Waals surface area contributed by atoms with Crippen LogP contribution >= 0.6 is 22.9 Å². The maximum atomic E-state index is 12.1. The summed E-state index contributed by atoms with van der Waals surface area (Å²) in [6.07, 6.45) is 0. The third-order valence-corrected chi connectivity index (χ3v) is 4.82. The van der Waals surface area contributed by atoms with Gasteiger partial charge in [0, 0.05) is 21.7 Å². The van der Waals surface area contributed by atoms with Crippen molar-refractivity contribution in [1.82, 2.24) is 14.6 Å². The monoisotopic (exact) mass is 383 g/mol. The summed E-state index contributed by atoms with van der Waals surface area (Å²) < 4.78 is 1.73. The van der Waals surface area contributed by atoms with Gasteiger partial charge in [-0.2, -0.15) is 4.98 Å². The second-order valence-electron chi connectivity index (χ2n) is 5.70. The number of nitrogens with one attached hydrogen (secondary N) is 2. The SMILES string of the molecule is Cc1ccc(-c2csc3nc(NC(=O)Nc4ccc(Cl)cc4)nn23)cc1. The van der Waals surface area contributed by atoms with Crippen molar-refractivity contribution in [1.29, 1.82) is 0 Å². The molecule has 2 N–H and O–H groups in total. The number of aryl methyl sites for hydroxylation is 1. The van der Waals surface area contributed by atoms with Crippen LogP contribution in [0.2, 0.25) is 5.02 Å². The Morgan fingerprint density at radius 3 is 2.54 bits per heavy atom. The van der Waals surface area contributed by atoms with Crippen molar-refractivity contribution < 1.29 is 4.79 Å². The quantitative estimate of drug-likeness (QED) is 0.519. The highest BCUT2D eigenvalue weighted by molar-refractivity contribution is 7.15. The summed E-state index contributed by atoms with van der Waals surface area (Å²) in [6, 6.07) is 14.6. The Bertz CT molecular complexity index is 1070. The lowest BCUT2D eigenvalue weighted by Crippen LogP contribution is -2.20. The van der Waals surface area contributed by atoms with Crippen LogP contribution in [-0.4, -0.2) is 20.6 Å². The van der Waals surface area contributed by atoms with Crippen LogP contribution in [0, 0.1) is 6.92 Å². The highest BCUT2D eigenvalue weighted by Gasteiger charge is 2.13. The number of carbonyl (C=O) groups excluding carboxylic acids is 1. The molecule has 4 rings (SSSR count). The molecule has 4 aromatic rings. The van der Waals surface area contributed by atoms with E-state index in [1.165, 1.54) is 16.9 Å². The van der Waals surface area contributed by atoms with Crippen LogP contribution in [0.25, 0.3) is 16.2 Å². The Morgan fingerprint density at radius 1 is 1.08 bits per heavy atom. The summed E-state index contributed by atoms with van der Waals surface area (Å²) in [6.45, 7) is 2.05. The van der Waals surface area contributed by atoms with Crippen LogP contribution in [0.4, 0.5) is 16.4 Å². The van der Waals surface area contributed by atoms with Gasteiger partial charge in [0.05, 0.1) is 5.69 Å². The molecule has 0 saturated heterocycles. The van der Waals surface area contributed by atoms with Gasteiger partial charge >= 0.3 is 6.03 Å². The average Bonchev–Trinajstić information content (AvgIpc) is 3.18. The molecule has 130 valence electrons. The summed E-state index contributed by atoms with van der Waals surface area (Å²) in [5.74, 6) is 0.247. The molecular weight excluding hydrogens is 370 g/mol. The largest absolute Gasteiger partial charge is 0.326 e. The molecule has 2 heterocycles.